The van der Waals surface area contributed by atoms with Crippen molar-refractivity contribution in [2.75, 3.05) is 11.5 Å². The fourth-order valence-electron chi connectivity index (χ4n) is 2.96. The van der Waals surface area contributed by atoms with Crippen molar-refractivity contribution in [2.45, 2.75) is 6.92 Å². The van der Waals surface area contributed by atoms with Gasteiger partial charge in [0.15, 0.2) is 0 Å². The molecule has 0 saturated heterocycles. The van der Waals surface area contributed by atoms with Gasteiger partial charge in [-0.1, -0.05) is 29.8 Å². The molecule has 0 spiro atoms. The molecule has 3 heterocycles. The Morgan fingerprint density at radius 3 is 2.59 bits per heavy atom. The number of carbonyl (C=O) groups excluding carboxylic acids is 1. The van der Waals surface area contributed by atoms with Crippen LogP contribution in [0.1, 0.15) is 26.4 Å². The quantitative estimate of drug-likeness (QED) is 0.520. The summed E-state index contributed by atoms with van der Waals surface area (Å²) >= 11 is 1.16. The van der Waals surface area contributed by atoms with Crippen LogP contribution in [0.25, 0.3) is 21.5 Å². The third-order valence-electron chi connectivity index (χ3n) is 4.30. The first-order chi connectivity index (χ1) is 13.0. The molecule has 27 heavy (non-hydrogen) atoms. The number of rotatable bonds is 3. The number of pyridine rings is 1. The maximum absolute atomic E-state index is 13.0. The molecular formula is C20H14N4O2S. The van der Waals surface area contributed by atoms with Gasteiger partial charge in [0, 0.05) is 10.9 Å². The number of fused-ring (bicyclic) bond motifs is 1. The van der Waals surface area contributed by atoms with Gasteiger partial charge in [0.05, 0.1) is 17.5 Å². The minimum Gasteiger partial charge on any atom is -0.464 e. The number of benzene rings is 1. The number of nitrogens with two attached hydrogens (primary N) is 2. The van der Waals surface area contributed by atoms with Crippen LogP contribution in [-0.2, 0) is 0 Å². The van der Waals surface area contributed by atoms with Crippen molar-refractivity contribution in [3.05, 3.63) is 64.2 Å². The van der Waals surface area contributed by atoms with Gasteiger partial charge in [-0.3, -0.25) is 4.79 Å². The third kappa shape index (κ3) is 2.63. The van der Waals surface area contributed by atoms with Gasteiger partial charge < -0.3 is 15.9 Å². The standard InChI is InChI=1S/C20H14N4O2S/c1-10-4-6-11(7-5-10)17(25)18-16(22)15-14(13-3-2-8-26-13)12(9-21)19(23)24-20(15)27-18/h2-8H,22H2,1H3,(H2,23,24). The summed E-state index contributed by atoms with van der Waals surface area (Å²) in [4.78, 5) is 18.1. The maximum Gasteiger partial charge on any atom is 0.205 e. The summed E-state index contributed by atoms with van der Waals surface area (Å²) in [5.74, 6) is 0.328. The highest BCUT2D eigenvalue weighted by atomic mass is 32.1. The Kier molecular flexibility index (Phi) is 3.90. The van der Waals surface area contributed by atoms with Gasteiger partial charge in [0.2, 0.25) is 5.78 Å². The second-order valence-electron chi connectivity index (χ2n) is 6.06. The summed E-state index contributed by atoms with van der Waals surface area (Å²) in [7, 11) is 0. The van der Waals surface area contributed by atoms with Gasteiger partial charge in [-0.2, -0.15) is 5.26 Å². The van der Waals surface area contributed by atoms with Gasteiger partial charge in [0.1, 0.15) is 32.9 Å². The van der Waals surface area contributed by atoms with E-state index >= 15 is 0 Å². The summed E-state index contributed by atoms with van der Waals surface area (Å²) in [5, 5.41) is 10.1. The number of aromatic nitrogens is 1. The molecule has 0 aliphatic rings. The zero-order chi connectivity index (χ0) is 19.1. The zero-order valence-corrected chi connectivity index (χ0v) is 15.1. The van der Waals surface area contributed by atoms with Crippen molar-refractivity contribution in [3.63, 3.8) is 0 Å². The number of nitrogen functional groups attached to an aromatic ring is 2. The number of furan rings is 1. The lowest BCUT2D eigenvalue weighted by Gasteiger charge is -2.06. The predicted molar refractivity (Wildman–Crippen MR) is 105 cm³/mol. The van der Waals surface area contributed by atoms with Crippen LogP contribution in [0.15, 0.2) is 47.1 Å². The van der Waals surface area contributed by atoms with Crippen molar-refractivity contribution in [2.24, 2.45) is 0 Å². The fraction of sp³-hybridized carbons (Fsp3) is 0.0500. The smallest absolute Gasteiger partial charge is 0.205 e. The summed E-state index contributed by atoms with van der Waals surface area (Å²) in [6.45, 7) is 1.95. The molecule has 4 rings (SSSR count). The number of anilines is 2. The topological polar surface area (TPSA) is 119 Å². The van der Waals surface area contributed by atoms with Crippen LogP contribution in [0.3, 0.4) is 0 Å². The normalized spacial score (nSPS) is 10.8. The third-order valence-corrected chi connectivity index (χ3v) is 5.40. The molecular weight excluding hydrogens is 360 g/mol. The number of thiophene rings is 1. The Bertz CT molecular complexity index is 1220. The Hall–Kier alpha value is -3.63. The van der Waals surface area contributed by atoms with E-state index < -0.39 is 0 Å². The number of carbonyl (C=O) groups is 1. The Labute approximate surface area is 158 Å². The summed E-state index contributed by atoms with van der Waals surface area (Å²) < 4.78 is 5.48. The lowest BCUT2D eigenvalue weighted by molar-refractivity contribution is 0.104. The van der Waals surface area contributed by atoms with Gasteiger partial charge >= 0.3 is 0 Å². The molecule has 0 aliphatic heterocycles. The highest BCUT2D eigenvalue weighted by molar-refractivity contribution is 7.21. The summed E-state index contributed by atoms with van der Waals surface area (Å²) in [6, 6.07) is 12.8. The van der Waals surface area contributed by atoms with E-state index in [1.165, 1.54) is 6.26 Å². The van der Waals surface area contributed by atoms with Crippen LogP contribution < -0.4 is 11.5 Å². The molecule has 0 saturated carbocycles. The summed E-state index contributed by atoms with van der Waals surface area (Å²) in [6.07, 6.45) is 1.50. The molecule has 7 heteroatoms. The van der Waals surface area contributed by atoms with Gasteiger partial charge in [-0.05, 0) is 19.1 Å². The minimum absolute atomic E-state index is 0.0759. The van der Waals surface area contributed by atoms with Crippen molar-refractivity contribution in [1.29, 1.82) is 5.26 Å². The number of ketones is 1. The van der Waals surface area contributed by atoms with Crippen LogP contribution in [0.5, 0.6) is 0 Å². The van der Waals surface area contributed by atoms with Crippen LogP contribution >= 0.6 is 11.3 Å². The zero-order valence-electron chi connectivity index (χ0n) is 14.3. The number of aryl methyl sites for hydroxylation is 1. The van der Waals surface area contributed by atoms with E-state index in [2.05, 4.69) is 11.1 Å². The minimum atomic E-state index is -0.196. The van der Waals surface area contributed by atoms with Gasteiger partial charge in [-0.25, -0.2) is 4.98 Å². The first-order valence-corrected chi connectivity index (χ1v) is 8.89. The molecule has 6 nitrogen and oxygen atoms in total. The van der Waals surface area contributed by atoms with Crippen molar-refractivity contribution < 1.29 is 9.21 Å². The van der Waals surface area contributed by atoms with E-state index in [0.29, 0.717) is 32.0 Å². The summed E-state index contributed by atoms with van der Waals surface area (Å²) in [5.41, 5.74) is 14.8. The predicted octanol–water partition coefficient (Wildman–Crippen LogP) is 4.13. The maximum atomic E-state index is 13.0. The monoisotopic (exact) mass is 374 g/mol. The molecule has 0 aliphatic carbocycles. The molecule has 0 amide bonds. The molecule has 4 N–H and O–H groups in total. The number of nitrogens with zero attached hydrogens (tertiary/aromatic N) is 2. The lowest BCUT2D eigenvalue weighted by Crippen LogP contribution is -2.02. The van der Waals surface area contributed by atoms with E-state index in [4.69, 9.17) is 15.9 Å². The van der Waals surface area contributed by atoms with Crippen LogP contribution in [0.2, 0.25) is 0 Å². The Balaban J connectivity index is 2.00. The van der Waals surface area contributed by atoms with Gasteiger partial charge in [-0.15, -0.1) is 11.3 Å². The van der Waals surface area contributed by atoms with Crippen molar-refractivity contribution >= 4 is 38.8 Å². The Morgan fingerprint density at radius 1 is 1.22 bits per heavy atom. The second-order valence-corrected chi connectivity index (χ2v) is 7.06. The van der Waals surface area contributed by atoms with E-state index in [-0.39, 0.29) is 22.9 Å². The molecule has 0 unspecified atom stereocenters. The number of hydrogen-bond acceptors (Lipinski definition) is 7. The van der Waals surface area contributed by atoms with E-state index in [9.17, 15) is 10.1 Å². The molecule has 0 radical (unpaired) electrons. The van der Waals surface area contributed by atoms with Crippen molar-refractivity contribution in [1.82, 2.24) is 4.98 Å². The highest BCUT2D eigenvalue weighted by Crippen LogP contribution is 2.43. The van der Waals surface area contributed by atoms with E-state index in [0.717, 1.165) is 16.9 Å². The van der Waals surface area contributed by atoms with Gasteiger partial charge in [0.25, 0.3) is 0 Å². The number of nitriles is 1. The van der Waals surface area contributed by atoms with Crippen LogP contribution in [-0.4, -0.2) is 10.8 Å². The first kappa shape index (κ1) is 16.8. The van der Waals surface area contributed by atoms with Crippen LogP contribution in [0.4, 0.5) is 11.5 Å². The average molecular weight is 374 g/mol. The van der Waals surface area contributed by atoms with Crippen LogP contribution in [0, 0.1) is 18.3 Å². The van der Waals surface area contributed by atoms with E-state index in [1.807, 2.05) is 19.1 Å². The van der Waals surface area contributed by atoms with Crippen molar-refractivity contribution in [3.8, 4) is 17.4 Å². The largest absolute Gasteiger partial charge is 0.464 e. The average Bonchev–Trinajstić information content (AvgIpc) is 3.29. The molecule has 0 fully saturated rings. The number of hydrogen-bond donors (Lipinski definition) is 2. The molecule has 132 valence electrons. The molecule has 1 aromatic carbocycles. The molecule has 0 atom stereocenters. The Morgan fingerprint density at radius 2 is 1.96 bits per heavy atom. The first-order valence-electron chi connectivity index (χ1n) is 8.08. The fourth-order valence-corrected chi connectivity index (χ4v) is 4.03. The SMILES string of the molecule is Cc1ccc(C(=O)c2sc3nc(N)c(C#N)c(-c4ccco4)c3c2N)cc1. The van der Waals surface area contributed by atoms with E-state index in [1.54, 1.807) is 24.3 Å². The molecule has 0 bridgehead atoms. The molecule has 4 aromatic rings. The second kappa shape index (κ2) is 6.27. The molecule has 3 aromatic heterocycles. The lowest BCUT2D eigenvalue weighted by atomic mass is 10.0. The highest BCUT2D eigenvalue weighted by Gasteiger charge is 2.25.